The van der Waals surface area contributed by atoms with Gasteiger partial charge in [-0.1, -0.05) is 12.1 Å². The predicted molar refractivity (Wildman–Crippen MR) is 99.1 cm³/mol. The van der Waals surface area contributed by atoms with Gasteiger partial charge in [0, 0.05) is 12.8 Å². The number of esters is 1. The Morgan fingerprint density at radius 3 is 2.30 bits per heavy atom. The fourth-order valence-corrected chi connectivity index (χ4v) is 5.61. The first kappa shape index (κ1) is 11.4. The minimum atomic E-state index is -2.76. The number of hydrogen-bond acceptors (Lipinski definition) is 6. The number of ether oxygens (including phenoxy) is 2. The molecule has 0 amide bonds. The van der Waals surface area contributed by atoms with Gasteiger partial charge in [0.15, 0.2) is 0 Å². The number of piperidine rings is 1. The minimum absolute atomic E-state index is 0. The molecule has 27 heavy (non-hydrogen) atoms. The largest absolute Gasteiger partial charge is 1.00 e. The van der Waals surface area contributed by atoms with Crippen molar-refractivity contribution in [1.82, 2.24) is 0 Å². The molecule has 0 aromatic carbocycles. The second kappa shape index (κ2) is 6.64. The van der Waals surface area contributed by atoms with Crippen molar-refractivity contribution in [3.63, 3.8) is 0 Å². The van der Waals surface area contributed by atoms with Crippen molar-refractivity contribution in [1.29, 1.82) is 0 Å². The highest BCUT2D eigenvalue weighted by molar-refractivity contribution is 7.12. The van der Waals surface area contributed by atoms with Gasteiger partial charge in [-0.3, -0.25) is 0 Å². The van der Waals surface area contributed by atoms with Crippen molar-refractivity contribution in [2.24, 2.45) is 0 Å². The molecule has 3 aliphatic heterocycles. The summed E-state index contributed by atoms with van der Waals surface area (Å²) >= 11 is 1.05. The van der Waals surface area contributed by atoms with Crippen LogP contribution in [0, 0.1) is 0 Å². The van der Waals surface area contributed by atoms with Crippen LogP contribution in [0.25, 0.3) is 0 Å². The Labute approximate surface area is 189 Å². The number of hydrogen-bond donors (Lipinski definition) is 1. The maximum Gasteiger partial charge on any atom is 0.349 e. The standard InChI is InChI=1S/C19H22NO4S2.BrH/c1-20(2)12-9-11(10-13(20)17-16(12)24-17)23-18(21)19(22,14-5-3-7-25-14)15-6-4-8-26-15;/h3-8,11-13,16-17,22H,9-10H2,1-2H3;1H/q+1;/p-1/i1D3,3D,4D,5D,6D,7D,8D;. The summed E-state index contributed by atoms with van der Waals surface area (Å²) in [6.45, 7) is -2.29. The van der Waals surface area contributed by atoms with Gasteiger partial charge in [0.25, 0.3) is 0 Å². The maximum atomic E-state index is 13.5. The topological polar surface area (TPSA) is 59.1 Å². The first-order valence-electron chi connectivity index (χ1n) is 12.7. The van der Waals surface area contributed by atoms with Crippen molar-refractivity contribution in [2.45, 2.75) is 48.8 Å². The summed E-state index contributed by atoms with van der Waals surface area (Å²) in [6, 6.07) is -3.05. The summed E-state index contributed by atoms with van der Waals surface area (Å²) in [7, 11) is 1.65. The highest BCUT2D eigenvalue weighted by atomic mass is 79.9. The molecule has 5 heterocycles. The van der Waals surface area contributed by atoms with Crippen LogP contribution in [0.4, 0.5) is 0 Å². The number of epoxide rings is 1. The van der Waals surface area contributed by atoms with Gasteiger partial charge in [-0.25, -0.2) is 4.79 Å². The first-order valence-corrected chi connectivity index (χ1v) is 9.86. The number of carbonyl (C=O) groups is 1. The van der Waals surface area contributed by atoms with Crippen LogP contribution in [0.1, 0.15) is 34.9 Å². The first-order chi connectivity index (χ1) is 16.1. The third-order valence-corrected chi connectivity index (χ3v) is 7.30. The molecule has 0 radical (unpaired) electrons. The lowest BCUT2D eigenvalue weighted by Gasteiger charge is -2.45. The van der Waals surface area contributed by atoms with E-state index in [0.717, 1.165) is 0 Å². The normalized spacial score (nSPS) is 41.9. The van der Waals surface area contributed by atoms with Crippen LogP contribution in [0.2, 0.25) is 0 Å². The van der Waals surface area contributed by atoms with Crippen LogP contribution >= 0.6 is 22.7 Å². The van der Waals surface area contributed by atoms with Gasteiger partial charge < -0.3 is 36.0 Å². The maximum absolute atomic E-state index is 13.5. The highest BCUT2D eigenvalue weighted by Gasteiger charge is 2.71. The Hall–Kier alpha value is -0.770. The number of likely N-dealkylation sites (N-methyl/N-ethyl adjacent to an activating group) is 1. The molecule has 2 aromatic heterocycles. The molecule has 3 fully saturated rings. The van der Waals surface area contributed by atoms with Gasteiger partial charge in [0.1, 0.15) is 30.4 Å². The van der Waals surface area contributed by atoms with Gasteiger partial charge in [-0.2, -0.15) is 0 Å². The molecule has 5 rings (SSSR count). The van der Waals surface area contributed by atoms with Crippen LogP contribution in [0.3, 0.4) is 0 Å². The molecule has 3 saturated heterocycles. The van der Waals surface area contributed by atoms with Crippen molar-refractivity contribution in [3.8, 4) is 0 Å². The Balaban J connectivity index is 0.00000304. The molecule has 0 aliphatic carbocycles. The SMILES string of the molecule is [2H]c1sc(C(O)(C(=O)OC2CC3C4OC4C(C2)[N+]3(C)C([2H])([2H])[2H])c2sc([2H])c([2H])c2[2H])c([2H])c1[2H].[Br-]. The van der Waals surface area contributed by atoms with Crippen LogP contribution < -0.4 is 17.0 Å². The molecule has 5 nitrogen and oxygen atoms in total. The summed E-state index contributed by atoms with van der Waals surface area (Å²) in [5.41, 5.74) is -2.76. The van der Waals surface area contributed by atoms with E-state index in [1.165, 1.54) is 0 Å². The molecule has 0 saturated carbocycles. The van der Waals surface area contributed by atoms with Gasteiger partial charge in [-0.05, 0) is 22.8 Å². The summed E-state index contributed by atoms with van der Waals surface area (Å²) in [4.78, 5) is 12.8. The smallest absolute Gasteiger partial charge is 0.349 e. The van der Waals surface area contributed by atoms with Gasteiger partial charge in [0.2, 0.25) is 5.60 Å². The number of thiophene rings is 2. The molecule has 2 aromatic rings. The zero-order valence-electron chi connectivity index (χ0n) is 23.1. The van der Waals surface area contributed by atoms with E-state index in [1.54, 1.807) is 7.05 Å². The number of halogens is 1. The molecule has 0 spiro atoms. The van der Waals surface area contributed by atoms with Crippen molar-refractivity contribution >= 4 is 28.6 Å². The van der Waals surface area contributed by atoms with E-state index in [4.69, 9.17) is 21.8 Å². The number of rotatable bonds is 4. The molecule has 4 unspecified atom stereocenters. The van der Waals surface area contributed by atoms with E-state index in [9.17, 15) is 9.90 Å². The van der Waals surface area contributed by atoms with Crippen molar-refractivity contribution < 1.29 is 53.2 Å². The average Bonchev–Trinajstić information content (AvgIpc) is 3.43. The fraction of sp³-hybridized carbons (Fsp3) is 0.526. The molecule has 1 N–H and O–H groups in total. The average molecular weight is 481 g/mol. The second-order valence-electron chi connectivity index (χ2n) is 7.12. The van der Waals surface area contributed by atoms with E-state index in [0.29, 0.717) is 22.7 Å². The van der Waals surface area contributed by atoms with Gasteiger partial charge in [-0.15, -0.1) is 22.7 Å². The molecular formula is C19H22BrNO4S2. The lowest BCUT2D eigenvalue weighted by molar-refractivity contribution is -0.938. The van der Waals surface area contributed by atoms with E-state index >= 15 is 0 Å². The number of morpholine rings is 1. The third-order valence-electron chi connectivity index (χ3n) is 5.69. The summed E-state index contributed by atoms with van der Waals surface area (Å²) in [5, 5.41) is 11.0. The number of aliphatic hydroxyl groups is 1. The van der Waals surface area contributed by atoms with E-state index < -0.39 is 60.9 Å². The Bertz CT molecular complexity index is 1160. The van der Waals surface area contributed by atoms with Gasteiger partial charge >= 0.3 is 5.97 Å². The summed E-state index contributed by atoms with van der Waals surface area (Å²) in [6.07, 6.45) is -0.933. The molecule has 3 aliphatic rings. The number of fused-ring (bicyclic) bond motifs is 5. The summed E-state index contributed by atoms with van der Waals surface area (Å²) < 4.78 is 83.2. The lowest BCUT2D eigenvalue weighted by atomic mass is 9.95. The number of carbonyl (C=O) groups excluding carboxylic acids is 1. The third kappa shape index (κ3) is 2.84. The number of nitrogens with zero attached hydrogens (tertiary/aromatic N) is 1. The predicted octanol–water partition coefficient (Wildman–Crippen LogP) is -0.650. The Morgan fingerprint density at radius 2 is 1.85 bits per heavy atom. The molecule has 8 heteroatoms. The van der Waals surface area contributed by atoms with E-state index in [2.05, 4.69) is 0 Å². The van der Waals surface area contributed by atoms with E-state index in [-0.39, 0.29) is 67.0 Å². The summed E-state index contributed by atoms with van der Waals surface area (Å²) in [5.74, 6) is -1.24. The quantitative estimate of drug-likeness (QED) is 0.358. The van der Waals surface area contributed by atoms with E-state index in [1.807, 2.05) is 0 Å². The molecule has 146 valence electrons. The fourth-order valence-electron chi connectivity index (χ4n) is 4.27. The molecule has 4 atom stereocenters. The van der Waals surface area contributed by atoms with Crippen LogP contribution in [0.5, 0.6) is 0 Å². The highest BCUT2D eigenvalue weighted by Crippen LogP contribution is 2.52. The van der Waals surface area contributed by atoms with Crippen molar-refractivity contribution in [3.05, 3.63) is 44.6 Å². The van der Waals surface area contributed by atoms with Crippen LogP contribution in [0.15, 0.2) is 34.9 Å². The Morgan fingerprint density at radius 1 is 1.30 bits per heavy atom. The minimum Gasteiger partial charge on any atom is -1.00 e. The van der Waals surface area contributed by atoms with Crippen LogP contribution in [-0.4, -0.2) is 60.0 Å². The second-order valence-corrected chi connectivity index (χ2v) is 8.76. The zero-order valence-corrected chi connectivity index (χ0v) is 17.3. The monoisotopic (exact) mass is 480 g/mol. The lowest BCUT2D eigenvalue weighted by Crippen LogP contribution is -3.00. The zero-order chi connectivity index (χ0) is 25.8. The van der Waals surface area contributed by atoms with Crippen LogP contribution in [-0.2, 0) is 19.9 Å². The number of quaternary nitrogens is 1. The molecular weight excluding hydrogens is 450 g/mol. The van der Waals surface area contributed by atoms with Crippen molar-refractivity contribution in [2.75, 3.05) is 14.0 Å². The van der Waals surface area contributed by atoms with Gasteiger partial charge in [0.05, 0.1) is 36.1 Å². The molecule has 2 bridgehead atoms. The Kier molecular flexibility index (Phi) is 2.81.